The van der Waals surface area contributed by atoms with Crippen molar-refractivity contribution < 1.29 is 0 Å². The Morgan fingerprint density at radius 3 is 2.78 bits per heavy atom. The Hall–Kier alpha value is -0.860. The van der Waals surface area contributed by atoms with Gasteiger partial charge in [-0.05, 0) is 39.4 Å². The molecular formula is C16H28N2. The van der Waals surface area contributed by atoms with Crippen LogP contribution in [0.3, 0.4) is 0 Å². The molecule has 0 saturated carbocycles. The highest BCUT2D eigenvalue weighted by molar-refractivity contribution is 5.22. The van der Waals surface area contributed by atoms with E-state index in [1.165, 1.54) is 24.0 Å². The molecule has 1 unspecified atom stereocenters. The standard InChI is InChI=1S/C16H28N2/c1-5-6-10-17-12-15(3)18(4)13-16-9-7-8-14(2)11-16/h7-9,11,15,17H,5-6,10,12-13H2,1-4H3. The second kappa shape index (κ2) is 8.28. The van der Waals surface area contributed by atoms with Crippen molar-refractivity contribution in [3.05, 3.63) is 35.4 Å². The Morgan fingerprint density at radius 1 is 1.33 bits per heavy atom. The molecule has 102 valence electrons. The van der Waals surface area contributed by atoms with Crippen LogP contribution in [0.2, 0.25) is 0 Å². The summed E-state index contributed by atoms with van der Waals surface area (Å²) < 4.78 is 0. The third kappa shape index (κ3) is 5.65. The molecule has 0 spiro atoms. The molecule has 1 atom stereocenters. The number of hydrogen-bond acceptors (Lipinski definition) is 2. The summed E-state index contributed by atoms with van der Waals surface area (Å²) in [7, 11) is 2.20. The van der Waals surface area contributed by atoms with Crippen molar-refractivity contribution in [2.45, 2.75) is 46.2 Å². The summed E-state index contributed by atoms with van der Waals surface area (Å²) in [4.78, 5) is 2.41. The zero-order valence-electron chi connectivity index (χ0n) is 12.4. The molecular weight excluding hydrogens is 220 g/mol. The van der Waals surface area contributed by atoms with Crippen LogP contribution in [0.5, 0.6) is 0 Å². The lowest BCUT2D eigenvalue weighted by Crippen LogP contribution is -2.37. The molecule has 2 nitrogen and oxygen atoms in total. The first kappa shape index (κ1) is 15.2. The molecule has 18 heavy (non-hydrogen) atoms. The number of rotatable bonds is 8. The van der Waals surface area contributed by atoms with E-state index in [2.05, 4.69) is 62.3 Å². The number of aryl methyl sites for hydroxylation is 1. The fourth-order valence-electron chi connectivity index (χ4n) is 2.02. The molecule has 0 heterocycles. The van der Waals surface area contributed by atoms with Crippen molar-refractivity contribution in [1.82, 2.24) is 10.2 Å². The van der Waals surface area contributed by atoms with E-state index in [0.717, 1.165) is 19.6 Å². The maximum atomic E-state index is 3.52. The van der Waals surface area contributed by atoms with Crippen molar-refractivity contribution in [3.8, 4) is 0 Å². The van der Waals surface area contributed by atoms with Crippen molar-refractivity contribution in [2.24, 2.45) is 0 Å². The number of nitrogens with zero attached hydrogens (tertiary/aromatic N) is 1. The second-order valence-electron chi connectivity index (χ2n) is 5.31. The van der Waals surface area contributed by atoms with Crippen LogP contribution in [-0.4, -0.2) is 31.1 Å². The Labute approximate surface area is 112 Å². The van der Waals surface area contributed by atoms with Crippen LogP contribution in [0.4, 0.5) is 0 Å². The molecule has 0 saturated heterocycles. The van der Waals surface area contributed by atoms with Gasteiger partial charge in [-0.2, -0.15) is 0 Å². The van der Waals surface area contributed by atoms with Gasteiger partial charge in [0, 0.05) is 19.1 Å². The van der Waals surface area contributed by atoms with Crippen LogP contribution in [-0.2, 0) is 6.54 Å². The fourth-order valence-corrected chi connectivity index (χ4v) is 2.02. The Kier molecular flexibility index (Phi) is 6.99. The number of nitrogens with one attached hydrogen (secondary N) is 1. The maximum Gasteiger partial charge on any atom is 0.0234 e. The quantitative estimate of drug-likeness (QED) is 0.711. The van der Waals surface area contributed by atoms with Crippen LogP contribution in [0.1, 0.15) is 37.8 Å². The zero-order valence-corrected chi connectivity index (χ0v) is 12.4. The molecule has 1 aromatic carbocycles. The zero-order chi connectivity index (χ0) is 13.4. The summed E-state index contributed by atoms with van der Waals surface area (Å²) in [6, 6.07) is 9.35. The smallest absolute Gasteiger partial charge is 0.0234 e. The van der Waals surface area contributed by atoms with Gasteiger partial charge in [-0.1, -0.05) is 43.2 Å². The SMILES string of the molecule is CCCCNCC(C)N(C)Cc1cccc(C)c1. The van der Waals surface area contributed by atoms with Gasteiger partial charge in [0.15, 0.2) is 0 Å². The molecule has 0 aliphatic rings. The summed E-state index contributed by atoms with van der Waals surface area (Å²) in [6.45, 7) is 9.91. The highest BCUT2D eigenvalue weighted by Gasteiger charge is 2.08. The van der Waals surface area contributed by atoms with Crippen molar-refractivity contribution in [1.29, 1.82) is 0 Å². The Bertz CT molecular complexity index is 336. The van der Waals surface area contributed by atoms with E-state index in [0.29, 0.717) is 6.04 Å². The predicted molar refractivity (Wildman–Crippen MR) is 79.9 cm³/mol. The highest BCUT2D eigenvalue weighted by Crippen LogP contribution is 2.08. The van der Waals surface area contributed by atoms with Crippen molar-refractivity contribution >= 4 is 0 Å². The first-order valence-electron chi connectivity index (χ1n) is 7.10. The van der Waals surface area contributed by atoms with E-state index in [-0.39, 0.29) is 0 Å². The minimum atomic E-state index is 0.572. The van der Waals surface area contributed by atoms with Crippen LogP contribution >= 0.6 is 0 Å². The number of likely N-dealkylation sites (N-methyl/N-ethyl adjacent to an activating group) is 1. The van der Waals surface area contributed by atoms with Gasteiger partial charge in [-0.15, -0.1) is 0 Å². The number of hydrogen-bond donors (Lipinski definition) is 1. The van der Waals surface area contributed by atoms with Crippen LogP contribution < -0.4 is 5.32 Å². The van der Waals surface area contributed by atoms with Gasteiger partial charge >= 0.3 is 0 Å². The highest BCUT2D eigenvalue weighted by atomic mass is 15.1. The van der Waals surface area contributed by atoms with Gasteiger partial charge in [0.25, 0.3) is 0 Å². The molecule has 1 rings (SSSR count). The number of unbranched alkanes of at least 4 members (excludes halogenated alkanes) is 1. The van der Waals surface area contributed by atoms with E-state index in [4.69, 9.17) is 0 Å². The molecule has 1 N–H and O–H groups in total. The predicted octanol–water partition coefficient (Wildman–Crippen LogP) is 3.21. The molecule has 1 aromatic rings. The lowest BCUT2D eigenvalue weighted by atomic mass is 10.1. The normalized spacial score (nSPS) is 12.9. The topological polar surface area (TPSA) is 15.3 Å². The molecule has 0 radical (unpaired) electrons. The van der Waals surface area contributed by atoms with Gasteiger partial charge in [-0.25, -0.2) is 0 Å². The largest absolute Gasteiger partial charge is 0.315 e. The molecule has 0 aliphatic heterocycles. The van der Waals surface area contributed by atoms with E-state index >= 15 is 0 Å². The van der Waals surface area contributed by atoms with E-state index in [1.807, 2.05) is 0 Å². The molecule has 0 amide bonds. The molecule has 0 fully saturated rings. The Balaban J connectivity index is 2.33. The summed E-state index contributed by atoms with van der Waals surface area (Å²) in [5, 5.41) is 3.52. The monoisotopic (exact) mass is 248 g/mol. The lowest BCUT2D eigenvalue weighted by Gasteiger charge is -2.25. The van der Waals surface area contributed by atoms with Gasteiger partial charge in [0.1, 0.15) is 0 Å². The Morgan fingerprint density at radius 2 is 2.11 bits per heavy atom. The first-order valence-corrected chi connectivity index (χ1v) is 7.10. The van der Waals surface area contributed by atoms with E-state index in [9.17, 15) is 0 Å². The summed E-state index contributed by atoms with van der Waals surface area (Å²) in [6.07, 6.45) is 2.54. The third-order valence-electron chi connectivity index (χ3n) is 3.41. The van der Waals surface area contributed by atoms with Gasteiger partial charge in [-0.3, -0.25) is 4.90 Å². The van der Waals surface area contributed by atoms with E-state index < -0.39 is 0 Å². The maximum absolute atomic E-state index is 3.52. The van der Waals surface area contributed by atoms with Gasteiger partial charge in [0.05, 0.1) is 0 Å². The van der Waals surface area contributed by atoms with Crippen LogP contribution in [0.15, 0.2) is 24.3 Å². The molecule has 0 aromatic heterocycles. The molecule has 2 heteroatoms. The van der Waals surface area contributed by atoms with E-state index in [1.54, 1.807) is 0 Å². The first-order chi connectivity index (χ1) is 8.63. The summed E-state index contributed by atoms with van der Waals surface area (Å²) in [5.41, 5.74) is 2.74. The minimum Gasteiger partial charge on any atom is -0.315 e. The molecule has 0 bridgehead atoms. The minimum absolute atomic E-state index is 0.572. The molecule has 0 aliphatic carbocycles. The second-order valence-corrected chi connectivity index (χ2v) is 5.31. The van der Waals surface area contributed by atoms with Gasteiger partial charge in [0.2, 0.25) is 0 Å². The number of benzene rings is 1. The summed E-state index contributed by atoms with van der Waals surface area (Å²) in [5.74, 6) is 0. The fraction of sp³-hybridized carbons (Fsp3) is 0.625. The van der Waals surface area contributed by atoms with Crippen LogP contribution in [0.25, 0.3) is 0 Å². The average Bonchev–Trinajstić information content (AvgIpc) is 2.34. The van der Waals surface area contributed by atoms with Crippen LogP contribution in [0, 0.1) is 6.92 Å². The van der Waals surface area contributed by atoms with Crippen molar-refractivity contribution in [2.75, 3.05) is 20.1 Å². The third-order valence-corrected chi connectivity index (χ3v) is 3.41. The average molecular weight is 248 g/mol. The lowest BCUT2D eigenvalue weighted by molar-refractivity contribution is 0.243. The van der Waals surface area contributed by atoms with Gasteiger partial charge < -0.3 is 5.32 Å². The van der Waals surface area contributed by atoms with Crippen molar-refractivity contribution in [3.63, 3.8) is 0 Å². The summed E-state index contributed by atoms with van der Waals surface area (Å²) >= 11 is 0.